The SMILES string of the molecule is CC(C)COCCCNc1ncc(Br)cc1Cl. The summed E-state index contributed by atoms with van der Waals surface area (Å²) in [7, 11) is 0. The number of nitrogens with one attached hydrogen (secondary N) is 1. The molecule has 0 radical (unpaired) electrons. The van der Waals surface area contributed by atoms with E-state index in [1.807, 2.05) is 6.07 Å². The van der Waals surface area contributed by atoms with Crippen LogP contribution < -0.4 is 5.32 Å². The third-order valence-electron chi connectivity index (χ3n) is 2.02. The maximum Gasteiger partial charge on any atom is 0.144 e. The van der Waals surface area contributed by atoms with Crippen LogP contribution in [0.4, 0.5) is 5.82 Å². The Kier molecular flexibility index (Phi) is 6.85. The molecule has 0 saturated carbocycles. The fraction of sp³-hybridized carbons (Fsp3) is 0.583. The van der Waals surface area contributed by atoms with E-state index < -0.39 is 0 Å². The minimum absolute atomic E-state index is 0.588. The van der Waals surface area contributed by atoms with Gasteiger partial charge in [-0.1, -0.05) is 25.4 Å². The first kappa shape index (κ1) is 14.7. The fourth-order valence-electron chi connectivity index (χ4n) is 1.24. The molecule has 0 saturated heterocycles. The Morgan fingerprint density at radius 1 is 1.53 bits per heavy atom. The molecule has 1 aromatic heterocycles. The first-order chi connectivity index (χ1) is 8.09. The van der Waals surface area contributed by atoms with Gasteiger partial charge in [0.25, 0.3) is 0 Å². The molecule has 0 aliphatic carbocycles. The molecule has 0 fully saturated rings. The Morgan fingerprint density at radius 3 is 2.94 bits per heavy atom. The Morgan fingerprint density at radius 2 is 2.29 bits per heavy atom. The van der Waals surface area contributed by atoms with Gasteiger partial charge in [-0.3, -0.25) is 0 Å². The van der Waals surface area contributed by atoms with Crippen molar-refractivity contribution in [1.29, 1.82) is 0 Å². The van der Waals surface area contributed by atoms with Crippen molar-refractivity contribution in [3.05, 3.63) is 21.8 Å². The summed E-state index contributed by atoms with van der Waals surface area (Å²) in [4.78, 5) is 4.19. The number of nitrogens with zero attached hydrogens (tertiary/aromatic N) is 1. The highest BCUT2D eigenvalue weighted by molar-refractivity contribution is 9.10. The average molecular weight is 322 g/mol. The number of halogens is 2. The molecule has 1 N–H and O–H groups in total. The largest absolute Gasteiger partial charge is 0.381 e. The third-order valence-corrected chi connectivity index (χ3v) is 2.74. The average Bonchev–Trinajstić information content (AvgIpc) is 2.25. The van der Waals surface area contributed by atoms with Crippen LogP contribution in [0.2, 0.25) is 5.02 Å². The summed E-state index contributed by atoms with van der Waals surface area (Å²) in [6, 6.07) is 1.83. The van der Waals surface area contributed by atoms with Crippen molar-refractivity contribution in [2.24, 2.45) is 5.92 Å². The van der Waals surface area contributed by atoms with Gasteiger partial charge in [0.1, 0.15) is 5.82 Å². The molecule has 0 aliphatic heterocycles. The number of ether oxygens (including phenoxy) is 1. The molecule has 96 valence electrons. The quantitative estimate of drug-likeness (QED) is 0.772. The van der Waals surface area contributed by atoms with E-state index in [2.05, 4.69) is 40.1 Å². The van der Waals surface area contributed by atoms with Crippen molar-refractivity contribution in [3.63, 3.8) is 0 Å². The second kappa shape index (κ2) is 7.90. The first-order valence-electron chi connectivity index (χ1n) is 5.72. The Balaban J connectivity index is 2.18. The molecule has 1 aromatic rings. The molecule has 0 aliphatic rings. The zero-order valence-corrected chi connectivity index (χ0v) is 12.5. The van der Waals surface area contributed by atoms with Gasteiger partial charge in [-0.05, 0) is 34.3 Å². The van der Waals surface area contributed by atoms with Crippen molar-refractivity contribution in [2.45, 2.75) is 20.3 Å². The lowest BCUT2D eigenvalue weighted by Crippen LogP contribution is -2.09. The summed E-state index contributed by atoms with van der Waals surface area (Å²) < 4.78 is 6.36. The molecule has 0 spiro atoms. The molecule has 0 atom stereocenters. The van der Waals surface area contributed by atoms with Crippen molar-refractivity contribution in [1.82, 2.24) is 4.98 Å². The van der Waals surface area contributed by atoms with E-state index in [1.165, 1.54) is 0 Å². The summed E-state index contributed by atoms with van der Waals surface area (Å²) in [6.45, 7) is 6.68. The highest BCUT2D eigenvalue weighted by atomic mass is 79.9. The van der Waals surface area contributed by atoms with Crippen molar-refractivity contribution < 1.29 is 4.74 Å². The molecule has 17 heavy (non-hydrogen) atoms. The van der Waals surface area contributed by atoms with Crippen LogP contribution in [0.25, 0.3) is 0 Å². The van der Waals surface area contributed by atoms with E-state index >= 15 is 0 Å². The monoisotopic (exact) mass is 320 g/mol. The van der Waals surface area contributed by atoms with Gasteiger partial charge < -0.3 is 10.1 Å². The second-order valence-electron chi connectivity index (χ2n) is 4.23. The number of anilines is 1. The maximum atomic E-state index is 6.02. The van der Waals surface area contributed by atoms with Crippen LogP contribution in [0.15, 0.2) is 16.7 Å². The number of aromatic nitrogens is 1. The second-order valence-corrected chi connectivity index (χ2v) is 5.56. The van der Waals surface area contributed by atoms with E-state index in [-0.39, 0.29) is 0 Å². The van der Waals surface area contributed by atoms with Gasteiger partial charge in [0.15, 0.2) is 0 Å². The molecule has 0 bridgehead atoms. The van der Waals surface area contributed by atoms with Crippen molar-refractivity contribution in [3.8, 4) is 0 Å². The zero-order valence-electron chi connectivity index (χ0n) is 10.2. The van der Waals surface area contributed by atoms with Crippen LogP contribution in [-0.2, 0) is 4.74 Å². The number of pyridine rings is 1. The maximum absolute atomic E-state index is 6.02. The van der Waals surface area contributed by atoms with Gasteiger partial charge in [0.2, 0.25) is 0 Å². The van der Waals surface area contributed by atoms with E-state index in [0.717, 1.165) is 36.5 Å². The predicted octanol–water partition coefficient (Wildman–Crippen LogP) is 3.97. The number of hydrogen-bond acceptors (Lipinski definition) is 3. The third kappa shape index (κ3) is 6.24. The molecule has 1 heterocycles. The molecule has 0 unspecified atom stereocenters. The highest BCUT2D eigenvalue weighted by Gasteiger charge is 2.01. The van der Waals surface area contributed by atoms with Crippen molar-refractivity contribution in [2.75, 3.05) is 25.1 Å². The van der Waals surface area contributed by atoms with Gasteiger partial charge in [-0.2, -0.15) is 0 Å². The van der Waals surface area contributed by atoms with Gasteiger partial charge in [-0.25, -0.2) is 4.98 Å². The van der Waals surface area contributed by atoms with Gasteiger partial charge in [0, 0.05) is 30.4 Å². The standard InChI is InChI=1S/C12H18BrClN2O/c1-9(2)8-17-5-3-4-15-12-11(14)6-10(13)7-16-12/h6-7,9H,3-5,8H2,1-2H3,(H,15,16). The van der Waals surface area contributed by atoms with Crippen LogP contribution in [0.3, 0.4) is 0 Å². The minimum atomic E-state index is 0.588. The zero-order chi connectivity index (χ0) is 12.7. The summed E-state index contributed by atoms with van der Waals surface area (Å²) in [5.74, 6) is 1.31. The van der Waals surface area contributed by atoms with Crippen LogP contribution >= 0.6 is 27.5 Å². The van der Waals surface area contributed by atoms with Crippen LogP contribution in [-0.4, -0.2) is 24.7 Å². The van der Waals surface area contributed by atoms with E-state index in [1.54, 1.807) is 6.20 Å². The summed E-state index contributed by atoms with van der Waals surface area (Å²) in [5.41, 5.74) is 0. The molecule has 5 heteroatoms. The molecule has 0 aromatic carbocycles. The molecule has 0 amide bonds. The molecular weight excluding hydrogens is 304 g/mol. The lowest BCUT2D eigenvalue weighted by Gasteiger charge is -2.09. The van der Waals surface area contributed by atoms with Gasteiger partial charge in [0.05, 0.1) is 5.02 Å². The van der Waals surface area contributed by atoms with E-state index in [0.29, 0.717) is 10.9 Å². The van der Waals surface area contributed by atoms with Crippen LogP contribution in [0.5, 0.6) is 0 Å². The Labute approximate surface area is 116 Å². The predicted molar refractivity (Wildman–Crippen MR) is 75.7 cm³/mol. The van der Waals surface area contributed by atoms with Crippen LogP contribution in [0.1, 0.15) is 20.3 Å². The summed E-state index contributed by atoms with van der Waals surface area (Å²) >= 11 is 9.34. The lowest BCUT2D eigenvalue weighted by molar-refractivity contribution is 0.110. The Hall–Kier alpha value is -0.320. The summed E-state index contributed by atoms with van der Waals surface area (Å²) in [6.07, 6.45) is 2.67. The van der Waals surface area contributed by atoms with Crippen LogP contribution in [0, 0.1) is 5.92 Å². The Bertz CT molecular complexity index is 347. The topological polar surface area (TPSA) is 34.1 Å². The minimum Gasteiger partial charge on any atom is -0.381 e. The van der Waals surface area contributed by atoms with Gasteiger partial charge >= 0.3 is 0 Å². The normalized spacial score (nSPS) is 10.9. The van der Waals surface area contributed by atoms with Crippen molar-refractivity contribution >= 4 is 33.3 Å². The van der Waals surface area contributed by atoms with E-state index in [9.17, 15) is 0 Å². The first-order valence-corrected chi connectivity index (χ1v) is 6.89. The summed E-state index contributed by atoms with van der Waals surface area (Å²) in [5, 5.41) is 3.81. The molecule has 3 nitrogen and oxygen atoms in total. The van der Waals surface area contributed by atoms with E-state index in [4.69, 9.17) is 16.3 Å². The number of rotatable bonds is 7. The lowest BCUT2D eigenvalue weighted by atomic mass is 10.2. The molecule has 1 rings (SSSR count). The molecular formula is C12H18BrClN2O. The highest BCUT2D eigenvalue weighted by Crippen LogP contribution is 2.22. The fourth-order valence-corrected chi connectivity index (χ4v) is 1.94. The van der Waals surface area contributed by atoms with Gasteiger partial charge in [-0.15, -0.1) is 0 Å². The number of hydrogen-bond donors (Lipinski definition) is 1. The smallest absolute Gasteiger partial charge is 0.144 e.